The molecule has 2 nitrogen and oxygen atoms in total. The van der Waals surface area contributed by atoms with Crippen molar-refractivity contribution in [1.82, 2.24) is 0 Å². The predicted octanol–water partition coefficient (Wildman–Crippen LogP) is 1.41. The molecule has 1 fully saturated rings. The number of aliphatic hydroxyl groups is 2. The third-order valence-electron chi connectivity index (χ3n) is 2.44. The first kappa shape index (κ1) is 12.1. The molecule has 0 aromatic heterocycles. The minimum atomic E-state index is -4.63. The van der Waals surface area contributed by atoms with Crippen LogP contribution in [-0.4, -0.2) is 39.6 Å². The lowest BCUT2D eigenvalue weighted by Gasteiger charge is -2.29. The molecule has 0 spiro atoms. The number of alkyl halides is 3. The third-order valence-corrected chi connectivity index (χ3v) is 3.68. The van der Waals surface area contributed by atoms with Gasteiger partial charge in [-0.1, -0.05) is 0 Å². The van der Waals surface area contributed by atoms with Crippen LogP contribution in [0.25, 0.3) is 0 Å². The molecule has 1 aliphatic rings. The van der Waals surface area contributed by atoms with Crippen molar-refractivity contribution in [3.8, 4) is 0 Å². The second-order valence-electron chi connectivity index (χ2n) is 3.84. The van der Waals surface area contributed by atoms with Gasteiger partial charge in [-0.05, 0) is 25.0 Å². The third kappa shape index (κ3) is 2.55. The van der Waals surface area contributed by atoms with Crippen LogP contribution in [0, 0.1) is 5.92 Å². The van der Waals surface area contributed by atoms with Crippen LogP contribution in [0.3, 0.4) is 0 Å². The van der Waals surface area contributed by atoms with E-state index < -0.39 is 30.2 Å². The number of rotatable bonds is 2. The van der Waals surface area contributed by atoms with Gasteiger partial charge in [0.15, 0.2) is 5.60 Å². The summed E-state index contributed by atoms with van der Waals surface area (Å²) in [4.78, 5) is 0. The lowest BCUT2D eigenvalue weighted by Crippen LogP contribution is -2.45. The van der Waals surface area contributed by atoms with Gasteiger partial charge in [-0.3, -0.25) is 0 Å². The van der Waals surface area contributed by atoms with Gasteiger partial charge in [-0.25, -0.2) is 0 Å². The summed E-state index contributed by atoms with van der Waals surface area (Å²) in [6.07, 6.45) is -5.78. The maximum absolute atomic E-state index is 12.3. The van der Waals surface area contributed by atoms with Crippen LogP contribution in [0.2, 0.25) is 0 Å². The first-order valence-electron chi connectivity index (χ1n) is 4.29. The molecule has 84 valence electrons. The normalized spacial score (nSPS) is 33.0. The molecule has 3 atom stereocenters. The summed E-state index contributed by atoms with van der Waals surface area (Å²) < 4.78 is 36.8. The number of thioether (sulfide) groups is 1. The van der Waals surface area contributed by atoms with Crippen molar-refractivity contribution in [2.75, 3.05) is 11.5 Å². The summed E-state index contributed by atoms with van der Waals surface area (Å²) in [5, 5.41) is 18.5. The SMILES string of the molecule is CC(O)(CC1CSCC1O)C(F)(F)F. The topological polar surface area (TPSA) is 40.5 Å². The molecule has 0 saturated carbocycles. The molecular formula is C8H13F3O2S. The van der Waals surface area contributed by atoms with Gasteiger partial charge in [0.05, 0.1) is 6.10 Å². The van der Waals surface area contributed by atoms with E-state index in [9.17, 15) is 23.4 Å². The largest absolute Gasteiger partial charge is 0.416 e. The highest BCUT2D eigenvalue weighted by atomic mass is 32.2. The van der Waals surface area contributed by atoms with E-state index in [1.807, 2.05) is 0 Å². The molecule has 0 bridgehead atoms. The van der Waals surface area contributed by atoms with Crippen LogP contribution in [0.1, 0.15) is 13.3 Å². The van der Waals surface area contributed by atoms with Crippen molar-refractivity contribution in [2.45, 2.75) is 31.2 Å². The van der Waals surface area contributed by atoms with Crippen molar-refractivity contribution >= 4 is 11.8 Å². The van der Waals surface area contributed by atoms with E-state index in [0.29, 0.717) is 11.5 Å². The summed E-state index contributed by atoms with van der Waals surface area (Å²) >= 11 is 1.41. The van der Waals surface area contributed by atoms with Crippen molar-refractivity contribution in [2.24, 2.45) is 5.92 Å². The predicted molar refractivity (Wildman–Crippen MR) is 48.1 cm³/mol. The lowest BCUT2D eigenvalue weighted by atomic mass is 9.90. The second-order valence-corrected chi connectivity index (χ2v) is 4.92. The van der Waals surface area contributed by atoms with E-state index in [4.69, 9.17) is 0 Å². The Hall–Kier alpha value is 0.0600. The molecular weight excluding hydrogens is 217 g/mol. The molecule has 1 aliphatic heterocycles. The van der Waals surface area contributed by atoms with Gasteiger partial charge in [0, 0.05) is 5.75 Å². The molecule has 0 aromatic carbocycles. The molecule has 0 amide bonds. The first-order valence-corrected chi connectivity index (χ1v) is 5.44. The average Bonchev–Trinajstić information content (AvgIpc) is 2.33. The highest BCUT2D eigenvalue weighted by Gasteiger charge is 2.51. The Labute approximate surface area is 84.5 Å². The maximum Gasteiger partial charge on any atom is 0.416 e. The van der Waals surface area contributed by atoms with Gasteiger partial charge in [-0.15, -0.1) is 0 Å². The zero-order chi connectivity index (χ0) is 11.0. The van der Waals surface area contributed by atoms with E-state index in [0.717, 1.165) is 6.92 Å². The molecule has 3 unspecified atom stereocenters. The number of hydrogen-bond donors (Lipinski definition) is 2. The van der Waals surface area contributed by atoms with Crippen LogP contribution in [0.5, 0.6) is 0 Å². The van der Waals surface area contributed by atoms with E-state index in [-0.39, 0.29) is 0 Å². The maximum atomic E-state index is 12.3. The van der Waals surface area contributed by atoms with Gasteiger partial charge in [0.1, 0.15) is 0 Å². The minimum absolute atomic E-state index is 0.426. The monoisotopic (exact) mass is 230 g/mol. The highest BCUT2D eigenvalue weighted by Crippen LogP contribution is 2.38. The smallest absolute Gasteiger partial charge is 0.392 e. The fourth-order valence-electron chi connectivity index (χ4n) is 1.41. The van der Waals surface area contributed by atoms with Crippen LogP contribution < -0.4 is 0 Å². The molecule has 1 saturated heterocycles. The van der Waals surface area contributed by atoms with Crippen LogP contribution >= 0.6 is 11.8 Å². The Morgan fingerprint density at radius 1 is 1.36 bits per heavy atom. The summed E-state index contributed by atoms with van der Waals surface area (Å²) in [6.45, 7) is 0.753. The van der Waals surface area contributed by atoms with Crippen LogP contribution in [0.15, 0.2) is 0 Å². The fourth-order valence-corrected chi connectivity index (χ4v) is 2.70. The van der Waals surface area contributed by atoms with Gasteiger partial charge in [0.2, 0.25) is 0 Å². The average molecular weight is 230 g/mol. The molecule has 1 rings (SSSR count). The summed E-state index contributed by atoms with van der Waals surface area (Å²) in [6, 6.07) is 0. The van der Waals surface area contributed by atoms with Crippen molar-refractivity contribution in [3.05, 3.63) is 0 Å². The van der Waals surface area contributed by atoms with Crippen LogP contribution in [0.4, 0.5) is 13.2 Å². The van der Waals surface area contributed by atoms with Crippen LogP contribution in [-0.2, 0) is 0 Å². The van der Waals surface area contributed by atoms with Gasteiger partial charge in [0.25, 0.3) is 0 Å². The standard InChI is InChI=1S/C8H13F3O2S/c1-7(13,8(9,10)11)2-5-3-14-4-6(5)12/h5-6,12-13H,2-4H2,1H3. The molecule has 6 heteroatoms. The fraction of sp³-hybridized carbons (Fsp3) is 1.00. The van der Waals surface area contributed by atoms with E-state index >= 15 is 0 Å². The lowest BCUT2D eigenvalue weighted by molar-refractivity contribution is -0.259. The minimum Gasteiger partial charge on any atom is -0.392 e. The van der Waals surface area contributed by atoms with Crippen molar-refractivity contribution in [1.29, 1.82) is 0 Å². The zero-order valence-corrected chi connectivity index (χ0v) is 8.53. The van der Waals surface area contributed by atoms with E-state index in [1.54, 1.807) is 0 Å². The van der Waals surface area contributed by atoms with E-state index in [2.05, 4.69) is 0 Å². The Bertz CT molecular complexity index is 205. The van der Waals surface area contributed by atoms with Crippen molar-refractivity contribution < 1.29 is 23.4 Å². The zero-order valence-electron chi connectivity index (χ0n) is 7.71. The Morgan fingerprint density at radius 2 is 1.93 bits per heavy atom. The molecule has 0 aromatic rings. The Balaban J connectivity index is 2.58. The van der Waals surface area contributed by atoms with Gasteiger partial charge >= 0.3 is 6.18 Å². The quantitative estimate of drug-likeness (QED) is 0.753. The summed E-state index contributed by atoms with van der Waals surface area (Å²) in [5.41, 5.74) is -2.69. The van der Waals surface area contributed by atoms with Crippen molar-refractivity contribution in [3.63, 3.8) is 0 Å². The summed E-state index contributed by atoms with van der Waals surface area (Å²) in [5.74, 6) is 0.475. The number of halogens is 3. The molecule has 2 N–H and O–H groups in total. The van der Waals surface area contributed by atoms with Gasteiger partial charge in [-0.2, -0.15) is 24.9 Å². The molecule has 1 heterocycles. The molecule has 14 heavy (non-hydrogen) atoms. The van der Waals surface area contributed by atoms with Gasteiger partial charge < -0.3 is 10.2 Å². The molecule has 0 aliphatic carbocycles. The van der Waals surface area contributed by atoms with E-state index in [1.165, 1.54) is 11.8 Å². The number of hydrogen-bond acceptors (Lipinski definition) is 3. The highest BCUT2D eigenvalue weighted by molar-refractivity contribution is 7.99. The second kappa shape index (κ2) is 3.90. The Morgan fingerprint density at radius 3 is 2.29 bits per heavy atom. The summed E-state index contributed by atoms with van der Waals surface area (Å²) in [7, 11) is 0. The Kier molecular flexibility index (Phi) is 3.38. The first-order chi connectivity index (χ1) is 6.24. The molecule has 0 radical (unpaired) electrons. The number of aliphatic hydroxyl groups excluding tert-OH is 1.